The molecule has 8 nitrogen and oxygen atoms in total. The number of phosphoric ester groups is 2. The fourth-order valence-corrected chi connectivity index (χ4v) is 4.49. The Morgan fingerprint density at radius 1 is 0.655 bits per heavy atom. The molecule has 10 heteroatoms. The Hall–Kier alpha value is -1.66. The average Bonchev–Trinajstić information content (AvgIpc) is 2.68. The van der Waals surface area contributed by atoms with E-state index in [0.717, 1.165) is 36.5 Å². The Morgan fingerprint density at radius 3 is 1.34 bits per heavy atom. The summed E-state index contributed by atoms with van der Waals surface area (Å²) in [6, 6.07) is 11.0. The van der Waals surface area contributed by atoms with Gasteiger partial charge in [0.15, 0.2) is 6.79 Å². The van der Waals surface area contributed by atoms with Crippen LogP contribution in [0.2, 0.25) is 0 Å². The molecule has 160 valence electrons. The van der Waals surface area contributed by atoms with Crippen LogP contribution in [0.15, 0.2) is 36.4 Å². The lowest BCUT2D eigenvalue weighted by molar-refractivity contribution is 0.0499. The Bertz CT molecular complexity index is 838. The van der Waals surface area contributed by atoms with Gasteiger partial charge in [-0.1, -0.05) is 36.4 Å². The van der Waals surface area contributed by atoms with Crippen LogP contribution in [-0.4, -0.2) is 21.0 Å². The lowest BCUT2D eigenvalue weighted by atomic mass is 10.1. The van der Waals surface area contributed by atoms with Crippen LogP contribution in [0.25, 0.3) is 0 Å². The van der Waals surface area contributed by atoms with Gasteiger partial charge in [-0.3, -0.25) is 13.6 Å². The molecule has 0 fully saturated rings. The van der Waals surface area contributed by atoms with Gasteiger partial charge in [-0.05, 0) is 49.9 Å². The van der Waals surface area contributed by atoms with Gasteiger partial charge in [0, 0.05) is 14.2 Å². The third kappa shape index (κ3) is 6.16. The van der Waals surface area contributed by atoms with E-state index < -0.39 is 22.4 Å². The van der Waals surface area contributed by atoms with Crippen molar-refractivity contribution in [2.75, 3.05) is 21.0 Å². The second kappa shape index (κ2) is 9.90. The van der Waals surface area contributed by atoms with Crippen molar-refractivity contribution >= 4 is 15.6 Å². The van der Waals surface area contributed by atoms with Crippen molar-refractivity contribution in [3.63, 3.8) is 0 Å². The maximum atomic E-state index is 13.5. The first-order chi connectivity index (χ1) is 13.6. The van der Waals surface area contributed by atoms with Crippen molar-refractivity contribution in [3.8, 4) is 11.5 Å². The summed E-state index contributed by atoms with van der Waals surface area (Å²) in [4.78, 5) is 0. The number of aryl methyl sites for hydroxylation is 4. The maximum Gasteiger partial charge on any atom is 0.589 e. The minimum absolute atomic E-state index is 0.365. The van der Waals surface area contributed by atoms with Gasteiger partial charge in [0.1, 0.15) is 11.5 Å². The monoisotopic (exact) mass is 444 g/mol. The molecule has 0 aliphatic heterocycles. The van der Waals surface area contributed by atoms with Gasteiger partial charge in [0.25, 0.3) is 0 Å². The normalized spacial score (nSPS) is 12.1. The third-order valence-electron chi connectivity index (χ3n) is 4.09. The van der Waals surface area contributed by atoms with Crippen molar-refractivity contribution in [1.29, 1.82) is 0 Å². The van der Waals surface area contributed by atoms with E-state index in [0.29, 0.717) is 11.5 Å². The van der Waals surface area contributed by atoms with E-state index in [-0.39, 0.29) is 0 Å². The molecule has 0 aromatic heterocycles. The first kappa shape index (κ1) is 23.6. The summed E-state index contributed by atoms with van der Waals surface area (Å²) < 4.78 is 56.6. The molecular weight excluding hydrogens is 418 g/mol. The molecule has 0 amide bonds. The van der Waals surface area contributed by atoms with Gasteiger partial charge >= 0.3 is 15.6 Å². The van der Waals surface area contributed by atoms with Gasteiger partial charge in [-0.15, -0.1) is 0 Å². The largest absolute Gasteiger partial charge is 0.589 e. The number of benzene rings is 2. The van der Waals surface area contributed by atoms with E-state index in [1.54, 1.807) is 0 Å². The summed E-state index contributed by atoms with van der Waals surface area (Å²) in [5.41, 5.74) is 3.00. The molecule has 2 rings (SSSR count). The second-order valence-corrected chi connectivity index (χ2v) is 9.66. The summed E-state index contributed by atoms with van der Waals surface area (Å²) in [5.74, 6) is 0.729. The van der Waals surface area contributed by atoms with Crippen LogP contribution in [-0.2, 0) is 27.2 Å². The molecular formula is C19H26O8P2. The Kier molecular flexibility index (Phi) is 8.06. The van der Waals surface area contributed by atoms with Crippen LogP contribution in [0, 0.1) is 27.7 Å². The van der Waals surface area contributed by atoms with Crippen LogP contribution < -0.4 is 9.05 Å². The number of hydrogen-bond donors (Lipinski definition) is 0. The zero-order valence-corrected chi connectivity index (χ0v) is 19.1. The SMILES string of the molecule is COP(=O)(OC)OCOP(=O)(Oc1c(C)cccc1C)Oc1c(C)cccc1C. The highest BCUT2D eigenvalue weighted by Gasteiger charge is 2.35. The van der Waals surface area contributed by atoms with Crippen molar-refractivity contribution in [1.82, 2.24) is 0 Å². The predicted molar refractivity (Wildman–Crippen MR) is 109 cm³/mol. The van der Waals surface area contributed by atoms with Crippen molar-refractivity contribution in [3.05, 3.63) is 58.7 Å². The quantitative estimate of drug-likeness (QED) is 0.332. The molecule has 0 aliphatic rings. The maximum absolute atomic E-state index is 13.5. The predicted octanol–water partition coefficient (Wildman–Crippen LogP) is 5.88. The molecule has 0 unspecified atom stereocenters. The van der Waals surface area contributed by atoms with Gasteiger partial charge in [-0.2, -0.15) is 0 Å². The lowest BCUT2D eigenvalue weighted by Crippen LogP contribution is -2.10. The van der Waals surface area contributed by atoms with E-state index >= 15 is 0 Å². The summed E-state index contributed by atoms with van der Waals surface area (Å²) in [5, 5.41) is 0. The minimum Gasteiger partial charge on any atom is -0.394 e. The van der Waals surface area contributed by atoms with Gasteiger partial charge < -0.3 is 9.05 Å². The number of rotatable bonds is 10. The fraction of sp³-hybridized carbons (Fsp3) is 0.368. The molecule has 0 saturated heterocycles. The van der Waals surface area contributed by atoms with Crippen molar-refractivity contribution in [2.45, 2.75) is 27.7 Å². The van der Waals surface area contributed by atoms with E-state index in [2.05, 4.69) is 9.05 Å². The molecule has 0 spiro atoms. The highest BCUT2D eigenvalue weighted by Crippen LogP contribution is 2.54. The van der Waals surface area contributed by atoms with Crippen LogP contribution in [0.4, 0.5) is 0 Å². The molecule has 29 heavy (non-hydrogen) atoms. The van der Waals surface area contributed by atoms with Crippen LogP contribution >= 0.6 is 15.6 Å². The highest BCUT2D eigenvalue weighted by atomic mass is 31.2. The topological polar surface area (TPSA) is 89.5 Å². The molecule has 0 saturated carbocycles. The Labute approximate surface area is 171 Å². The summed E-state index contributed by atoms with van der Waals surface area (Å²) in [7, 11) is -5.75. The number of phosphoric acid groups is 2. The van der Waals surface area contributed by atoms with Crippen LogP contribution in [0.3, 0.4) is 0 Å². The lowest BCUT2D eigenvalue weighted by Gasteiger charge is -2.23. The smallest absolute Gasteiger partial charge is 0.394 e. The van der Waals surface area contributed by atoms with Gasteiger partial charge in [0.2, 0.25) is 0 Å². The Morgan fingerprint density at radius 2 is 1.00 bits per heavy atom. The van der Waals surface area contributed by atoms with E-state index in [9.17, 15) is 9.13 Å². The van der Waals surface area contributed by atoms with Gasteiger partial charge in [-0.25, -0.2) is 13.7 Å². The number of hydrogen-bond acceptors (Lipinski definition) is 8. The van der Waals surface area contributed by atoms with E-state index in [4.69, 9.17) is 18.1 Å². The van der Waals surface area contributed by atoms with Crippen LogP contribution in [0.1, 0.15) is 22.3 Å². The van der Waals surface area contributed by atoms with Crippen LogP contribution in [0.5, 0.6) is 11.5 Å². The zero-order chi connectivity index (χ0) is 21.7. The number of para-hydroxylation sites is 2. The zero-order valence-electron chi connectivity index (χ0n) is 17.3. The highest BCUT2D eigenvalue weighted by molar-refractivity contribution is 7.49. The molecule has 0 atom stereocenters. The van der Waals surface area contributed by atoms with Crippen molar-refractivity contribution in [2.24, 2.45) is 0 Å². The molecule has 0 bridgehead atoms. The molecule has 0 radical (unpaired) electrons. The Balaban J connectivity index is 2.34. The molecule has 0 heterocycles. The second-order valence-electron chi connectivity index (χ2n) is 6.26. The fourth-order valence-electron chi connectivity index (χ4n) is 2.51. The van der Waals surface area contributed by atoms with Gasteiger partial charge in [0.05, 0.1) is 0 Å². The first-order valence-corrected chi connectivity index (χ1v) is 11.7. The molecule has 2 aromatic rings. The standard InChI is InChI=1S/C19H26O8P2/c1-14-9-7-10-15(2)18(14)26-29(21,25-13-24-28(20,22-5)23-6)27-19-16(3)11-8-12-17(19)4/h7-12H,13H2,1-6H3. The molecule has 2 aromatic carbocycles. The molecule has 0 N–H and O–H groups in total. The van der Waals surface area contributed by atoms with E-state index in [1.165, 1.54) is 0 Å². The average molecular weight is 444 g/mol. The summed E-state index contributed by atoms with van der Waals surface area (Å²) in [6.07, 6.45) is 0. The third-order valence-corrected chi connectivity index (χ3v) is 6.64. The minimum atomic E-state index is -4.24. The molecule has 0 aliphatic carbocycles. The first-order valence-electron chi connectivity index (χ1n) is 8.75. The van der Waals surface area contributed by atoms with Crippen molar-refractivity contribution < 1.29 is 36.3 Å². The van der Waals surface area contributed by atoms with E-state index in [1.807, 2.05) is 64.1 Å². The summed E-state index contributed by atoms with van der Waals surface area (Å²) in [6.45, 7) is 6.54. The summed E-state index contributed by atoms with van der Waals surface area (Å²) >= 11 is 0.